The standard InChI is InChI=1S/C17H19NO3/c1-20-17-11-13(9-10-18)7-8-16(17)21-12-15(19)14-5-3-2-4-6-14/h2-8,11H,9-10,12,18H2,1H3. The summed E-state index contributed by atoms with van der Waals surface area (Å²) in [5.41, 5.74) is 7.25. The fourth-order valence-electron chi connectivity index (χ4n) is 2.00. The summed E-state index contributed by atoms with van der Waals surface area (Å²) in [5, 5.41) is 0. The Morgan fingerprint density at radius 1 is 1.10 bits per heavy atom. The molecule has 0 aliphatic carbocycles. The molecular formula is C17H19NO3. The number of rotatable bonds is 7. The number of ether oxygens (including phenoxy) is 2. The molecule has 21 heavy (non-hydrogen) atoms. The third-order valence-electron chi connectivity index (χ3n) is 3.12. The van der Waals surface area contributed by atoms with Crippen molar-refractivity contribution in [3.05, 3.63) is 59.7 Å². The van der Waals surface area contributed by atoms with E-state index < -0.39 is 0 Å². The second-order valence-corrected chi connectivity index (χ2v) is 4.60. The Morgan fingerprint density at radius 3 is 2.52 bits per heavy atom. The Kier molecular flexibility index (Phi) is 5.35. The molecule has 2 aromatic carbocycles. The predicted molar refractivity (Wildman–Crippen MR) is 82.0 cm³/mol. The molecule has 2 rings (SSSR count). The van der Waals surface area contributed by atoms with Crippen LogP contribution < -0.4 is 15.2 Å². The Balaban J connectivity index is 2.04. The fourth-order valence-corrected chi connectivity index (χ4v) is 2.00. The largest absolute Gasteiger partial charge is 0.493 e. The maximum absolute atomic E-state index is 12.0. The smallest absolute Gasteiger partial charge is 0.200 e. The van der Waals surface area contributed by atoms with Crippen LogP contribution in [0.4, 0.5) is 0 Å². The summed E-state index contributed by atoms with van der Waals surface area (Å²) in [6.07, 6.45) is 0.777. The van der Waals surface area contributed by atoms with Crippen LogP contribution in [-0.4, -0.2) is 26.0 Å². The van der Waals surface area contributed by atoms with E-state index in [0.29, 0.717) is 23.6 Å². The van der Waals surface area contributed by atoms with Gasteiger partial charge in [0, 0.05) is 5.56 Å². The highest BCUT2D eigenvalue weighted by Crippen LogP contribution is 2.28. The monoisotopic (exact) mass is 285 g/mol. The lowest BCUT2D eigenvalue weighted by Crippen LogP contribution is -2.12. The van der Waals surface area contributed by atoms with Crippen LogP contribution >= 0.6 is 0 Å². The quantitative estimate of drug-likeness (QED) is 0.794. The van der Waals surface area contributed by atoms with Crippen molar-refractivity contribution in [3.63, 3.8) is 0 Å². The Bertz CT molecular complexity index is 596. The normalized spacial score (nSPS) is 10.2. The minimum atomic E-state index is -0.0660. The second kappa shape index (κ2) is 7.45. The lowest BCUT2D eigenvalue weighted by atomic mass is 10.1. The molecule has 0 aliphatic heterocycles. The van der Waals surface area contributed by atoms with Crippen molar-refractivity contribution in [2.75, 3.05) is 20.3 Å². The minimum absolute atomic E-state index is 0.0173. The van der Waals surface area contributed by atoms with E-state index in [4.69, 9.17) is 15.2 Å². The van der Waals surface area contributed by atoms with Crippen molar-refractivity contribution in [1.82, 2.24) is 0 Å². The first kappa shape index (κ1) is 15.1. The minimum Gasteiger partial charge on any atom is -0.493 e. The Labute approximate surface area is 124 Å². The molecule has 0 saturated carbocycles. The fraction of sp³-hybridized carbons (Fsp3) is 0.235. The van der Waals surface area contributed by atoms with Gasteiger partial charge in [0.15, 0.2) is 23.9 Å². The maximum atomic E-state index is 12.0. The summed E-state index contributed by atoms with van der Waals surface area (Å²) in [7, 11) is 1.58. The molecule has 2 N–H and O–H groups in total. The van der Waals surface area contributed by atoms with Crippen LogP contribution in [0.5, 0.6) is 11.5 Å². The highest BCUT2D eigenvalue weighted by Gasteiger charge is 2.10. The van der Waals surface area contributed by atoms with Crippen LogP contribution in [0.2, 0.25) is 0 Å². The van der Waals surface area contributed by atoms with E-state index in [1.54, 1.807) is 19.2 Å². The molecule has 0 amide bonds. The topological polar surface area (TPSA) is 61.6 Å². The van der Waals surface area contributed by atoms with Gasteiger partial charge in [-0.3, -0.25) is 4.79 Å². The highest BCUT2D eigenvalue weighted by atomic mass is 16.5. The number of ketones is 1. The van der Waals surface area contributed by atoms with Crippen molar-refractivity contribution in [2.45, 2.75) is 6.42 Å². The molecule has 0 unspecified atom stereocenters. The first-order valence-electron chi connectivity index (χ1n) is 6.82. The van der Waals surface area contributed by atoms with E-state index in [0.717, 1.165) is 12.0 Å². The molecule has 0 aromatic heterocycles. The van der Waals surface area contributed by atoms with Crippen molar-refractivity contribution >= 4 is 5.78 Å². The lowest BCUT2D eigenvalue weighted by molar-refractivity contribution is 0.0919. The first-order valence-corrected chi connectivity index (χ1v) is 6.82. The zero-order chi connectivity index (χ0) is 15.1. The molecule has 110 valence electrons. The van der Waals surface area contributed by atoms with Crippen molar-refractivity contribution in [3.8, 4) is 11.5 Å². The summed E-state index contributed by atoms with van der Waals surface area (Å²) in [4.78, 5) is 12.0. The highest BCUT2D eigenvalue weighted by molar-refractivity contribution is 5.97. The molecule has 0 heterocycles. The van der Waals surface area contributed by atoms with Gasteiger partial charge in [0.25, 0.3) is 0 Å². The third kappa shape index (κ3) is 4.07. The SMILES string of the molecule is COc1cc(CCN)ccc1OCC(=O)c1ccccc1. The van der Waals surface area contributed by atoms with Gasteiger partial charge in [0.2, 0.25) is 0 Å². The van der Waals surface area contributed by atoms with Crippen LogP contribution in [0.15, 0.2) is 48.5 Å². The molecule has 0 saturated heterocycles. The van der Waals surface area contributed by atoms with E-state index in [-0.39, 0.29) is 12.4 Å². The van der Waals surface area contributed by atoms with Crippen molar-refractivity contribution in [2.24, 2.45) is 5.73 Å². The molecule has 4 nitrogen and oxygen atoms in total. The van der Waals surface area contributed by atoms with E-state index >= 15 is 0 Å². The van der Waals surface area contributed by atoms with Gasteiger partial charge in [-0.2, -0.15) is 0 Å². The average molecular weight is 285 g/mol. The molecule has 0 radical (unpaired) electrons. The number of carbonyl (C=O) groups is 1. The van der Waals surface area contributed by atoms with Gasteiger partial charge in [-0.05, 0) is 30.7 Å². The zero-order valence-electron chi connectivity index (χ0n) is 12.0. The van der Waals surface area contributed by atoms with E-state index in [1.165, 1.54) is 0 Å². The van der Waals surface area contributed by atoms with Gasteiger partial charge >= 0.3 is 0 Å². The number of hydrogen-bond donors (Lipinski definition) is 1. The van der Waals surface area contributed by atoms with Gasteiger partial charge in [-0.15, -0.1) is 0 Å². The molecule has 4 heteroatoms. The summed E-state index contributed by atoms with van der Waals surface area (Å²) in [6.45, 7) is 0.562. The van der Waals surface area contributed by atoms with Crippen molar-refractivity contribution in [1.29, 1.82) is 0 Å². The maximum Gasteiger partial charge on any atom is 0.200 e. The number of methoxy groups -OCH3 is 1. The number of hydrogen-bond acceptors (Lipinski definition) is 4. The Hall–Kier alpha value is -2.33. The molecule has 0 aliphatic rings. The molecule has 0 spiro atoms. The summed E-state index contributed by atoms with van der Waals surface area (Å²) in [5.74, 6) is 1.10. The van der Waals surface area contributed by atoms with Crippen LogP contribution in [0, 0.1) is 0 Å². The first-order chi connectivity index (χ1) is 10.2. The van der Waals surface area contributed by atoms with Crippen LogP contribution in [-0.2, 0) is 6.42 Å². The summed E-state index contributed by atoms with van der Waals surface area (Å²) in [6, 6.07) is 14.7. The van der Waals surface area contributed by atoms with Gasteiger partial charge in [-0.1, -0.05) is 36.4 Å². The predicted octanol–water partition coefficient (Wildman–Crippen LogP) is 2.46. The van der Waals surface area contributed by atoms with Gasteiger partial charge in [0.05, 0.1) is 7.11 Å². The summed E-state index contributed by atoms with van der Waals surface area (Å²) >= 11 is 0. The Morgan fingerprint density at radius 2 is 1.86 bits per heavy atom. The van der Waals surface area contributed by atoms with Crippen LogP contribution in [0.1, 0.15) is 15.9 Å². The molecule has 0 atom stereocenters. The van der Waals surface area contributed by atoms with E-state index in [2.05, 4.69) is 0 Å². The van der Waals surface area contributed by atoms with Gasteiger partial charge in [-0.25, -0.2) is 0 Å². The lowest BCUT2D eigenvalue weighted by Gasteiger charge is -2.11. The molecule has 0 fully saturated rings. The van der Waals surface area contributed by atoms with Gasteiger partial charge < -0.3 is 15.2 Å². The molecule has 2 aromatic rings. The number of carbonyl (C=O) groups excluding carboxylic acids is 1. The average Bonchev–Trinajstić information content (AvgIpc) is 2.54. The number of Topliss-reactive ketones (excluding diaryl/α,β-unsaturated/α-hetero) is 1. The number of nitrogens with two attached hydrogens (primary N) is 1. The van der Waals surface area contributed by atoms with E-state index in [9.17, 15) is 4.79 Å². The van der Waals surface area contributed by atoms with Gasteiger partial charge in [0.1, 0.15) is 0 Å². The summed E-state index contributed by atoms with van der Waals surface area (Å²) < 4.78 is 10.9. The van der Waals surface area contributed by atoms with Crippen LogP contribution in [0.3, 0.4) is 0 Å². The second-order valence-electron chi connectivity index (χ2n) is 4.60. The molecule has 0 bridgehead atoms. The van der Waals surface area contributed by atoms with E-state index in [1.807, 2.05) is 36.4 Å². The third-order valence-corrected chi connectivity index (χ3v) is 3.12. The number of benzene rings is 2. The van der Waals surface area contributed by atoms with Crippen LogP contribution in [0.25, 0.3) is 0 Å². The van der Waals surface area contributed by atoms with Crippen molar-refractivity contribution < 1.29 is 14.3 Å². The zero-order valence-corrected chi connectivity index (χ0v) is 12.0. The molecular weight excluding hydrogens is 266 g/mol.